The average Bonchev–Trinajstić information content (AvgIpc) is 2.79. The van der Waals surface area contributed by atoms with E-state index in [1.807, 2.05) is 12.1 Å². The second-order valence-corrected chi connectivity index (χ2v) is 4.58. The summed E-state index contributed by atoms with van der Waals surface area (Å²) in [6.45, 7) is 0.665. The minimum Gasteiger partial charge on any atom is -0.493 e. The fraction of sp³-hybridized carbons (Fsp3) is 0.462. The maximum atomic E-state index is 11.9. The number of carbonyl (C=O) groups excluding carboxylic acids is 1. The van der Waals surface area contributed by atoms with E-state index >= 15 is 0 Å². The molecule has 18 heavy (non-hydrogen) atoms. The van der Waals surface area contributed by atoms with Crippen LogP contribution in [0.4, 0.5) is 5.69 Å². The predicted molar refractivity (Wildman–Crippen MR) is 70.7 cm³/mol. The predicted octanol–water partition coefficient (Wildman–Crippen LogP) is 2.30. The monoisotopic (exact) mass is 269 g/mol. The quantitative estimate of drug-likeness (QED) is 0.788. The summed E-state index contributed by atoms with van der Waals surface area (Å²) >= 11 is 5.81. The van der Waals surface area contributed by atoms with Crippen molar-refractivity contribution in [2.45, 2.75) is 6.42 Å². The molecule has 1 fully saturated rings. The molecular weight excluding hydrogens is 254 g/mol. The van der Waals surface area contributed by atoms with Crippen LogP contribution in [0.15, 0.2) is 18.2 Å². The van der Waals surface area contributed by atoms with Crippen molar-refractivity contribution >= 4 is 23.2 Å². The molecular formula is C13H16ClNO3. The number of anilines is 1. The first kappa shape index (κ1) is 13.0. The van der Waals surface area contributed by atoms with E-state index in [9.17, 15) is 4.79 Å². The molecule has 1 aliphatic rings. The zero-order valence-corrected chi connectivity index (χ0v) is 11.2. The smallest absolute Gasteiger partial charge is 0.227 e. The van der Waals surface area contributed by atoms with Gasteiger partial charge in [-0.05, 0) is 18.1 Å². The molecule has 1 aromatic carbocycles. The lowest BCUT2D eigenvalue weighted by molar-refractivity contribution is -0.117. The topological polar surface area (TPSA) is 38.8 Å². The van der Waals surface area contributed by atoms with E-state index in [0.717, 1.165) is 5.69 Å². The second kappa shape index (κ2) is 5.48. The van der Waals surface area contributed by atoms with Crippen LogP contribution < -0.4 is 14.4 Å². The van der Waals surface area contributed by atoms with Gasteiger partial charge in [-0.15, -0.1) is 11.6 Å². The minimum atomic E-state index is 0.105. The third-order valence-corrected chi connectivity index (χ3v) is 3.54. The number of alkyl halides is 1. The van der Waals surface area contributed by atoms with Crippen LogP contribution in [0.25, 0.3) is 0 Å². The highest BCUT2D eigenvalue weighted by molar-refractivity contribution is 6.18. The largest absolute Gasteiger partial charge is 0.493 e. The molecule has 4 nitrogen and oxygen atoms in total. The van der Waals surface area contributed by atoms with Gasteiger partial charge in [0.25, 0.3) is 0 Å². The van der Waals surface area contributed by atoms with Gasteiger partial charge in [-0.25, -0.2) is 0 Å². The van der Waals surface area contributed by atoms with Gasteiger partial charge in [0.05, 0.1) is 14.2 Å². The van der Waals surface area contributed by atoms with E-state index in [1.54, 1.807) is 25.2 Å². The fourth-order valence-corrected chi connectivity index (χ4v) is 2.33. The summed E-state index contributed by atoms with van der Waals surface area (Å²) in [5.41, 5.74) is 0.824. The van der Waals surface area contributed by atoms with Crippen molar-refractivity contribution in [3.63, 3.8) is 0 Å². The van der Waals surface area contributed by atoms with Crippen LogP contribution in [-0.4, -0.2) is 32.6 Å². The molecule has 2 rings (SSSR count). The first-order valence-electron chi connectivity index (χ1n) is 5.78. The molecule has 0 radical (unpaired) electrons. The Morgan fingerprint density at radius 3 is 2.61 bits per heavy atom. The Morgan fingerprint density at radius 2 is 2.06 bits per heavy atom. The zero-order chi connectivity index (χ0) is 13.1. The number of halogens is 1. The van der Waals surface area contributed by atoms with E-state index in [2.05, 4.69) is 0 Å². The molecule has 0 aromatic heterocycles. The van der Waals surface area contributed by atoms with Crippen molar-refractivity contribution in [1.82, 2.24) is 0 Å². The number of amides is 1. The normalized spacial score (nSPS) is 19.2. The molecule has 98 valence electrons. The van der Waals surface area contributed by atoms with E-state index < -0.39 is 0 Å². The van der Waals surface area contributed by atoms with Crippen LogP contribution in [0.3, 0.4) is 0 Å². The maximum absolute atomic E-state index is 11.9. The fourth-order valence-electron chi connectivity index (χ4n) is 2.13. The number of hydrogen-bond acceptors (Lipinski definition) is 3. The molecule has 1 aliphatic heterocycles. The molecule has 0 spiro atoms. The Morgan fingerprint density at radius 1 is 1.33 bits per heavy atom. The third-order valence-electron chi connectivity index (χ3n) is 3.10. The number of benzene rings is 1. The van der Waals surface area contributed by atoms with Crippen LogP contribution in [-0.2, 0) is 4.79 Å². The highest BCUT2D eigenvalue weighted by Crippen LogP contribution is 2.34. The number of rotatable bonds is 4. The SMILES string of the molecule is COc1ccc(N2CC(CCl)CC2=O)cc1OC. The van der Waals surface area contributed by atoms with Crippen LogP contribution in [0.1, 0.15) is 6.42 Å². The van der Waals surface area contributed by atoms with Crippen molar-refractivity contribution in [1.29, 1.82) is 0 Å². The highest BCUT2D eigenvalue weighted by Gasteiger charge is 2.30. The summed E-state index contributed by atoms with van der Waals surface area (Å²) in [6.07, 6.45) is 0.512. The van der Waals surface area contributed by atoms with Gasteiger partial charge in [0.2, 0.25) is 5.91 Å². The van der Waals surface area contributed by atoms with Crippen LogP contribution in [0, 0.1) is 5.92 Å². The third kappa shape index (κ3) is 2.38. The van der Waals surface area contributed by atoms with Crippen LogP contribution >= 0.6 is 11.6 Å². The Labute approximate surface area is 111 Å². The number of ether oxygens (including phenoxy) is 2. The van der Waals surface area contributed by atoms with Gasteiger partial charge in [0.15, 0.2) is 11.5 Å². The lowest BCUT2D eigenvalue weighted by atomic mass is 10.1. The molecule has 1 aromatic rings. The molecule has 5 heteroatoms. The van der Waals surface area contributed by atoms with E-state index in [4.69, 9.17) is 21.1 Å². The van der Waals surface area contributed by atoms with Crippen LogP contribution in [0.5, 0.6) is 11.5 Å². The molecule has 1 unspecified atom stereocenters. The first-order chi connectivity index (χ1) is 8.69. The Kier molecular flexibility index (Phi) is 3.97. The van der Waals surface area contributed by atoms with Gasteiger partial charge in [-0.1, -0.05) is 0 Å². The molecule has 1 atom stereocenters. The summed E-state index contributed by atoms with van der Waals surface area (Å²) in [5, 5.41) is 0. The summed E-state index contributed by atoms with van der Waals surface area (Å²) < 4.78 is 10.4. The standard InChI is InChI=1S/C13H16ClNO3/c1-17-11-4-3-10(6-12(11)18-2)15-8-9(7-14)5-13(15)16/h3-4,6,9H,5,7-8H2,1-2H3. The summed E-state index contributed by atoms with van der Waals surface area (Å²) in [4.78, 5) is 13.6. The van der Waals surface area contributed by atoms with Crippen molar-refractivity contribution in [2.24, 2.45) is 5.92 Å². The lowest BCUT2D eigenvalue weighted by Gasteiger charge is -2.18. The van der Waals surface area contributed by atoms with Gasteiger partial charge in [0.1, 0.15) is 0 Å². The van der Waals surface area contributed by atoms with Crippen LogP contribution in [0.2, 0.25) is 0 Å². The van der Waals surface area contributed by atoms with Crippen molar-refractivity contribution < 1.29 is 14.3 Å². The lowest BCUT2D eigenvalue weighted by Crippen LogP contribution is -2.24. The zero-order valence-electron chi connectivity index (χ0n) is 10.5. The molecule has 0 saturated carbocycles. The molecule has 1 amide bonds. The minimum absolute atomic E-state index is 0.105. The molecule has 1 saturated heterocycles. The van der Waals surface area contributed by atoms with Crippen molar-refractivity contribution in [2.75, 3.05) is 31.5 Å². The molecule has 1 heterocycles. The van der Waals surface area contributed by atoms with Gasteiger partial charge in [-0.3, -0.25) is 4.79 Å². The van der Waals surface area contributed by atoms with Crippen molar-refractivity contribution in [3.8, 4) is 11.5 Å². The van der Waals surface area contributed by atoms with Gasteiger partial charge < -0.3 is 14.4 Å². The average molecular weight is 270 g/mol. The summed E-state index contributed by atoms with van der Waals surface area (Å²) in [6, 6.07) is 5.47. The number of nitrogens with zero attached hydrogens (tertiary/aromatic N) is 1. The Bertz CT molecular complexity index is 450. The molecule has 0 N–H and O–H groups in total. The van der Waals surface area contributed by atoms with Gasteiger partial charge >= 0.3 is 0 Å². The van der Waals surface area contributed by atoms with E-state index in [1.165, 1.54) is 0 Å². The number of methoxy groups -OCH3 is 2. The molecule has 0 bridgehead atoms. The first-order valence-corrected chi connectivity index (χ1v) is 6.31. The van der Waals surface area contributed by atoms with Gasteiger partial charge in [-0.2, -0.15) is 0 Å². The Hall–Kier alpha value is -1.42. The number of hydrogen-bond donors (Lipinski definition) is 0. The Balaban J connectivity index is 2.26. The van der Waals surface area contributed by atoms with E-state index in [0.29, 0.717) is 30.3 Å². The van der Waals surface area contributed by atoms with Crippen molar-refractivity contribution in [3.05, 3.63) is 18.2 Å². The molecule has 0 aliphatic carbocycles. The summed E-state index contributed by atoms with van der Waals surface area (Å²) in [7, 11) is 3.16. The van der Waals surface area contributed by atoms with Gasteiger partial charge in [0, 0.05) is 30.6 Å². The maximum Gasteiger partial charge on any atom is 0.227 e. The summed E-state index contributed by atoms with van der Waals surface area (Å²) in [5.74, 6) is 2.12. The highest BCUT2D eigenvalue weighted by atomic mass is 35.5. The van der Waals surface area contributed by atoms with E-state index in [-0.39, 0.29) is 11.8 Å². The second-order valence-electron chi connectivity index (χ2n) is 4.27. The number of carbonyl (C=O) groups is 1.